The SMILES string of the molecule is C/C(O)=C/S(=O)(=O)C1(COCc2ccccc2)CC1.CC(O)(O)C(F)(F)S(=O)(=O)C1(COCc2ccccc2)CC1.CS(=O)(=O)C1(CO)CC1.CS(=O)(=O)C1(COCc2ccccc2)CC1.O=S(=O)(C(F)F)C1(CBr)CC1.O=S(=O)(C(F)F)C1(CO)CC1.O=S(=O)(C(F)F)C1(COCc2ccccc2)CC1. The topological polar surface area (TPSA) is 377 Å². The monoisotopic (exact) mass is 1720 g/mol. The lowest BCUT2D eigenvalue weighted by molar-refractivity contribution is -0.246. The van der Waals surface area contributed by atoms with Gasteiger partial charge in [-0.05, 0) is 126 Å². The van der Waals surface area contributed by atoms with E-state index in [9.17, 15) is 94.0 Å². The van der Waals surface area contributed by atoms with E-state index >= 15 is 0 Å². The number of alkyl halides is 9. The predicted molar refractivity (Wildman–Crippen MR) is 383 cm³/mol. The Hall–Kier alpha value is -4.33. The van der Waals surface area contributed by atoms with Crippen LogP contribution in [0, 0.1) is 0 Å². The number of allylic oxidation sites excluding steroid dienone is 1. The lowest BCUT2D eigenvalue weighted by Gasteiger charge is -2.30. The smallest absolute Gasteiger partial charge is 0.397 e. The highest BCUT2D eigenvalue weighted by molar-refractivity contribution is 9.09. The van der Waals surface area contributed by atoms with Crippen LogP contribution in [0.2, 0.25) is 0 Å². The number of hydrogen-bond donors (Lipinski definition) is 5. The van der Waals surface area contributed by atoms with Crippen LogP contribution in [0.3, 0.4) is 0 Å². The van der Waals surface area contributed by atoms with E-state index in [1.807, 2.05) is 91.0 Å². The Morgan fingerprint density at radius 3 is 0.868 bits per heavy atom. The van der Waals surface area contributed by atoms with Crippen LogP contribution >= 0.6 is 15.9 Å². The van der Waals surface area contributed by atoms with Crippen molar-refractivity contribution in [3.05, 3.63) is 155 Å². The van der Waals surface area contributed by atoms with Gasteiger partial charge in [0.1, 0.15) is 20.0 Å². The van der Waals surface area contributed by atoms with Gasteiger partial charge in [-0.1, -0.05) is 137 Å². The number of benzene rings is 4. The Labute approximate surface area is 623 Å². The van der Waals surface area contributed by atoms with E-state index in [2.05, 4.69) is 15.9 Å². The molecule has 106 heavy (non-hydrogen) atoms. The van der Waals surface area contributed by atoms with E-state index in [0.29, 0.717) is 65.3 Å². The molecule has 5 N–H and O–H groups in total. The molecule has 0 unspecified atom stereocenters. The molecule has 39 heteroatoms. The molecule has 7 saturated carbocycles. The highest BCUT2D eigenvalue weighted by atomic mass is 79.9. The molecule has 0 saturated heterocycles. The maximum Gasteiger partial charge on any atom is 0.397 e. The van der Waals surface area contributed by atoms with Crippen molar-refractivity contribution in [3.8, 4) is 0 Å². The quantitative estimate of drug-likeness (QED) is 0.0131. The van der Waals surface area contributed by atoms with Crippen LogP contribution in [0.1, 0.15) is 126 Å². The Kier molecular flexibility index (Phi) is 31.7. The number of rotatable bonds is 32. The molecular formula is C67H91BrF8O23S7. The Morgan fingerprint density at radius 1 is 0.425 bits per heavy atom. The van der Waals surface area contributed by atoms with E-state index in [-0.39, 0.29) is 82.6 Å². The second kappa shape index (κ2) is 36.4. The summed E-state index contributed by atoms with van der Waals surface area (Å²) in [5.41, 5.74) is 3.77. The van der Waals surface area contributed by atoms with Gasteiger partial charge in [0.05, 0.1) is 90.5 Å². The van der Waals surface area contributed by atoms with Crippen LogP contribution in [0.4, 0.5) is 35.1 Å². The fourth-order valence-electron chi connectivity index (χ4n) is 9.94. The first-order chi connectivity index (χ1) is 48.9. The Morgan fingerprint density at radius 2 is 0.670 bits per heavy atom. The molecule has 4 aromatic carbocycles. The van der Waals surface area contributed by atoms with Gasteiger partial charge in [0.15, 0.2) is 29.5 Å². The van der Waals surface area contributed by atoms with Crippen molar-refractivity contribution in [3.63, 3.8) is 0 Å². The second-order valence-electron chi connectivity index (χ2n) is 27.5. The zero-order valence-electron chi connectivity index (χ0n) is 58.4. The molecule has 0 spiro atoms. The molecule has 602 valence electrons. The number of ether oxygens (including phenoxy) is 4. The fourth-order valence-corrected chi connectivity index (χ4v) is 21.0. The molecule has 4 aromatic rings. The summed E-state index contributed by atoms with van der Waals surface area (Å²) < 4.78 is 273. The van der Waals surface area contributed by atoms with Gasteiger partial charge in [-0.3, -0.25) is 0 Å². The summed E-state index contributed by atoms with van der Waals surface area (Å²) in [7, 11) is -27.5. The predicted octanol–water partition coefficient (Wildman–Crippen LogP) is 9.42. The van der Waals surface area contributed by atoms with Gasteiger partial charge in [-0.2, -0.15) is 35.1 Å². The summed E-state index contributed by atoms with van der Waals surface area (Å²) in [6.07, 6.45) is 7.92. The fraction of sp³-hybridized carbons (Fsp3) is 0.612. The lowest BCUT2D eigenvalue weighted by atomic mass is 10.2. The van der Waals surface area contributed by atoms with Gasteiger partial charge in [-0.15, -0.1) is 0 Å². The van der Waals surface area contributed by atoms with Gasteiger partial charge in [0, 0.05) is 17.8 Å². The average Bonchev–Trinajstić information content (AvgIpc) is 1.57. The minimum atomic E-state index is -5.10. The first-order valence-electron chi connectivity index (χ1n) is 32.8. The molecule has 7 fully saturated rings. The molecule has 0 heterocycles. The summed E-state index contributed by atoms with van der Waals surface area (Å²) >= 11 is 2.92. The van der Waals surface area contributed by atoms with Crippen molar-refractivity contribution in [2.75, 3.05) is 57.5 Å². The number of hydrogen-bond acceptors (Lipinski definition) is 23. The highest BCUT2D eigenvalue weighted by Crippen LogP contribution is 2.53. The van der Waals surface area contributed by atoms with Gasteiger partial charge in [0.2, 0.25) is 45.1 Å². The second-order valence-corrected chi connectivity index (χ2v) is 44.3. The van der Waals surface area contributed by atoms with Crippen molar-refractivity contribution < 1.29 is 139 Å². The molecule has 0 radical (unpaired) electrons. The molecule has 7 aliphatic carbocycles. The molecule has 0 atom stereocenters. The van der Waals surface area contributed by atoms with E-state index in [0.717, 1.165) is 40.5 Å². The van der Waals surface area contributed by atoms with E-state index in [1.54, 1.807) is 30.3 Å². The van der Waals surface area contributed by atoms with E-state index < -0.39 is 144 Å². The number of halogens is 9. The zero-order valence-corrected chi connectivity index (χ0v) is 65.7. The molecule has 0 amide bonds. The number of sulfone groups is 7. The van der Waals surface area contributed by atoms with E-state index in [4.69, 9.17) is 44.5 Å². The zero-order chi connectivity index (χ0) is 80.0. The standard InChI is InChI=1S/C14H18F2O5S.C14H18O4S.C12H14F2O3S.C12H16O3S.C5H7BrF2O2S.C5H8F2O3S.C5H10O3S/c1-12(17,18)14(15,16)22(19,20)13(7-8-13)10-21-9-11-5-3-2-4-6-11;1-12(15)10-19(16,17)14(7-8-14)11-18-9-13-5-3-2-4-6-13;13-11(14)18(15,16)12(6-7-12)9-17-8-10-4-2-1-3-5-10;1-16(13,14)12(7-8-12)10-15-9-11-5-3-2-4-6-11;6-3-5(1-2-5)11(9,10)4(7)8;6-4(7)11(9,10)5(3-8)1-2-5;1-9(7,8)5(4-6)2-3-5/h2-6,17-18H,7-10H2,1H3;2-6,10,15H,7-9,11H2,1H3;1-5,11H,6-9H2;2-6H,7-10H2,1H3;4H,1-3H2;4,8H,1-3H2;6H,2-4H2,1H3/b;12-10-;;;;;. The molecule has 0 aromatic heterocycles. The summed E-state index contributed by atoms with van der Waals surface area (Å²) in [5.74, 6) is -13.7. The third-order valence-electron chi connectivity index (χ3n) is 18.9. The van der Waals surface area contributed by atoms with Crippen LogP contribution in [-0.4, -0.2) is 203 Å². The lowest BCUT2D eigenvalue weighted by Crippen LogP contribution is -2.55. The summed E-state index contributed by atoms with van der Waals surface area (Å²) in [4.78, 5) is 0. The maximum atomic E-state index is 13.9. The minimum absolute atomic E-state index is 0.00972. The third kappa shape index (κ3) is 23.4. The van der Waals surface area contributed by atoms with Crippen molar-refractivity contribution in [1.82, 2.24) is 0 Å². The normalized spacial score (nSPS) is 19.5. The first-order valence-corrected chi connectivity index (χ1v) is 45.4. The Bertz CT molecular complexity index is 4290. The minimum Gasteiger partial charge on any atom is -0.512 e. The molecular weight excluding hydrogens is 1630 g/mol. The number of aliphatic hydroxyl groups excluding tert-OH is 3. The van der Waals surface area contributed by atoms with Crippen molar-refractivity contribution >= 4 is 84.8 Å². The van der Waals surface area contributed by atoms with Crippen LogP contribution in [0.15, 0.2) is 132 Å². The van der Waals surface area contributed by atoms with Gasteiger partial charge < -0.3 is 44.5 Å². The molecule has 23 nitrogen and oxygen atoms in total. The van der Waals surface area contributed by atoms with Crippen molar-refractivity contribution in [2.24, 2.45) is 0 Å². The number of aliphatic hydroxyl groups is 5. The maximum absolute atomic E-state index is 13.9. The summed E-state index contributed by atoms with van der Waals surface area (Å²) in [5, 5.41) is 40.8. The average molecular weight is 1720 g/mol. The first kappa shape index (κ1) is 92.3. The van der Waals surface area contributed by atoms with Crippen LogP contribution in [-0.2, 0) is 114 Å². The van der Waals surface area contributed by atoms with E-state index in [1.165, 1.54) is 19.4 Å². The Balaban J connectivity index is 0.000000226. The summed E-state index contributed by atoms with van der Waals surface area (Å²) in [6.45, 7) is 1.95. The molecule has 7 aliphatic rings. The largest absolute Gasteiger partial charge is 0.512 e. The summed E-state index contributed by atoms with van der Waals surface area (Å²) in [6, 6.07) is 37.5. The van der Waals surface area contributed by atoms with Crippen LogP contribution in [0.5, 0.6) is 0 Å². The van der Waals surface area contributed by atoms with Gasteiger partial charge >= 0.3 is 22.5 Å². The van der Waals surface area contributed by atoms with Crippen molar-refractivity contribution in [2.45, 2.75) is 192 Å². The highest BCUT2D eigenvalue weighted by Gasteiger charge is 2.71. The van der Waals surface area contributed by atoms with Gasteiger partial charge in [-0.25, -0.2) is 58.9 Å². The van der Waals surface area contributed by atoms with Crippen LogP contribution in [0.25, 0.3) is 0 Å². The van der Waals surface area contributed by atoms with Gasteiger partial charge in [0.25, 0.3) is 0 Å². The molecule has 11 rings (SSSR count). The third-order valence-corrected chi connectivity index (χ3v) is 36.3. The molecule has 0 bridgehead atoms. The van der Waals surface area contributed by atoms with Crippen LogP contribution < -0.4 is 0 Å². The molecule has 0 aliphatic heterocycles. The van der Waals surface area contributed by atoms with Crippen molar-refractivity contribution in [1.29, 1.82) is 0 Å².